The Morgan fingerprint density at radius 1 is 1.35 bits per heavy atom. The Balaban J connectivity index is 1.64. The van der Waals surface area contributed by atoms with E-state index in [1.54, 1.807) is 4.52 Å². The summed E-state index contributed by atoms with van der Waals surface area (Å²) in [5.41, 5.74) is 0.889. The molecule has 0 aromatic carbocycles. The van der Waals surface area contributed by atoms with Crippen LogP contribution in [0, 0.1) is 5.92 Å². The number of pyridine rings is 1. The molecule has 0 spiro atoms. The van der Waals surface area contributed by atoms with Gasteiger partial charge in [0, 0.05) is 12.7 Å². The van der Waals surface area contributed by atoms with E-state index in [9.17, 15) is 0 Å². The number of anilines is 1. The molecule has 0 bridgehead atoms. The third-order valence-electron chi connectivity index (χ3n) is 3.25. The van der Waals surface area contributed by atoms with Crippen LogP contribution in [-0.2, 0) is 0 Å². The van der Waals surface area contributed by atoms with Gasteiger partial charge in [0.1, 0.15) is 0 Å². The first-order valence-electron chi connectivity index (χ1n) is 6.18. The first kappa shape index (κ1) is 10.5. The van der Waals surface area contributed by atoms with E-state index in [1.807, 2.05) is 24.4 Å². The minimum absolute atomic E-state index is 0.731. The minimum Gasteiger partial charge on any atom is -0.353 e. The lowest BCUT2D eigenvalue weighted by atomic mass is 9.98. The Morgan fingerprint density at radius 3 is 3.06 bits per heavy atom. The molecule has 3 heterocycles. The van der Waals surface area contributed by atoms with E-state index in [0.717, 1.165) is 37.1 Å². The van der Waals surface area contributed by atoms with Gasteiger partial charge in [-0.3, -0.25) is 0 Å². The number of nitrogens with zero attached hydrogens (tertiary/aromatic N) is 3. The Bertz CT molecular complexity index is 453. The number of rotatable bonds is 3. The van der Waals surface area contributed by atoms with Crippen molar-refractivity contribution in [2.45, 2.75) is 12.8 Å². The maximum atomic E-state index is 4.42. The van der Waals surface area contributed by atoms with E-state index in [2.05, 4.69) is 20.7 Å². The second kappa shape index (κ2) is 4.71. The molecule has 0 aliphatic carbocycles. The standard InChI is InChI=1S/C12H17N5/c1-2-8-17-11(3-1)15-12(16-17)14-9-10-4-6-13-7-5-10/h1-3,8,10,13H,4-7,9H2,(H,14,16). The molecule has 5 heteroatoms. The van der Waals surface area contributed by atoms with Crippen molar-refractivity contribution in [3.8, 4) is 0 Å². The lowest BCUT2D eigenvalue weighted by molar-refractivity contribution is 0.389. The maximum Gasteiger partial charge on any atom is 0.243 e. The number of aromatic nitrogens is 3. The van der Waals surface area contributed by atoms with Crippen LogP contribution in [0.15, 0.2) is 24.4 Å². The molecule has 17 heavy (non-hydrogen) atoms. The summed E-state index contributed by atoms with van der Waals surface area (Å²) in [4.78, 5) is 4.42. The number of fused-ring (bicyclic) bond motifs is 1. The van der Waals surface area contributed by atoms with Crippen LogP contribution in [-0.4, -0.2) is 34.2 Å². The van der Waals surface area contributed by atoms with Crippen molar-refractivity contribution in [2.75, 3.05) is 25.0 Å². The van der Waals surface area contributed by atoms with Crippen LogP contribution in [0.4, 0.5) is 5.95 Å². The highest BCUT2D eigenvalue weighted by Crippen LogP contribution is 2.12. The molecule has 1 saturated heterocycles. The molecule has 1 aliphatic heterocycles. The van der Waals surface area contributed by atoms with Crippen LogP contribution < -0.4 is 10.6 Å². The van der Waals surface area contributed by atoms with Gasteiger partial charge < -0.3 is 10.6 Å². The second-order valence-electron chi connectivity index (χ2n) is 4.51. The monoisotopic (exact) mass is 231 g/mol. The van der Waals surface area contributed by atoms with E-state index < -0.39 is 0 Å². The van der Waals surface area contributed by atoms with Crippen LogP contribution in [0.1, 0.15) is 12.8 Å². The van der Waals surface area contributed by atoms with Crippen molar-refractivity contribution in [3.63, 3.8) is 0 Å². The molecule has 0 unspecified atom stereocenters. The first-order valence-corrected chi connectivity index (χ1v) is 6.18. The van der Waals surface area contributed by atoms with E-state index in [1.165, 1.54) is 12.8 Å². The minimum atomic E-state index is 0.731. The normalized spacial score (nSPS) is 17.4. The highest BCUT2D eigenvalue weighted by molar-refractivity contribution is 5.42. The van der Waals surface area contributed by atoms with Gasteiger partial charge in [-0.05, 0) is 44.0 Å². The lowest BCUT2D eigenvalue weighted by Crippen LogP contribution is -2.31. The summed E-state index contributed by atoms with van der Waals surface area (Å²) in [6, 6.07) is 5.89. The molecule has 2 aromatic rings. The lowest BCUT2D eigenvalue weighted by Gasteiger charge is -2.22. The predicted octanol–water partition coefficient (Wildman–Crippen LogP) is 1.14. The molecular weight excluding hydrogens is 214 g/mol. The van der Waals surface area contributed by atoms with Crippen molar-refractivity contribution in [3.05, 3.63) is 24.4 Å². The summed E-state index contributed by atoms with van der Waals surface area (Å²) in [7, 11) is 0. The van der Waals surface area contributed by atoms with E-state index >= 15 is 0 Å². The van der Waals surface area contributed by atoms with Gasteiger partial charge in [0.25, 0.3) is 0 Å². The van der Waals surface area contributed by atoms with Crippen LogP contribution in [0.25, 0.3) is 5.65 Å². The molecule has 1 aliphatic rings. The molecule has 2 aromatic heterocycles. The van der Waals surface area contributed by atoms with Gasteiger partial charge in [-0.25, -0.2) is 4.52 Å². The zero-order chi connectivity index (χ0) is 11.5. The topological polar surface area (TPSA) is 54.2 Å². The first-order chi connectivity index (χ1) is 8.42. The molecule has 0 saturated carbocycles. The average molecular weight is 231 g/mol. The van der Waals surface area contributed by atoms with Crippen molar-refractivity contribution in [1.29, 1.82) is 0 Å². The highest BCUT2D eigenvalue weighted by atomic mass is 15.3. The quantitative estimate of drug-likeness (QED) is 0.831. The number of piperidine rings is 1. The Morgan fingerprint density at radius 2 is 2.24 bits per heavy atom. The molecule has 0 radical (unpaired) electrons. The van der Waals surface area contributed by atoms with Gasteiger partial charge in [-0.15, -0.1) is 5.10 Å². The number of hydrogen-bond donors (Lipinski definition) is 2. The highest BCUT2D eigenvalue weighted by Gasteiger charge is 2.13. The fraction of sp³-hybridized carbons (Fsp3) is 0.500. The largest absolute Gasteiger partial charge is 0.353 e. The van der Waals surface area contributed by atoms with Crippen molar-refractivity contribution in [1.82, 2.24) is 19.9 Å². The summed E-state index contributed by atoms with van der Waals surface area (Å²) in [5.74, 6) is 1.47. The molecule has 0 amide bonds. The molecule has 2 N–H and O–H groups in total. The maximum absolute atomic E-state index is 4.42. The van der Waals surface area contributed by atoms with E-state index in [-0.39, 0.29) is 0 Å². The van der Waals surface area contributed by atoms with Crippen LogP contribution in [0.2, 0.25) is 0 Å². The van der Waals surface area contributed by atoms with Crippen molar-refractivity contribution in [2.24, 2.45) is 5.92 Å². The predicted molar refractivity (Wildman–Crippen MR) is 67.1 cm³/mol. The summed E-state index contributed by atoms with van der Waals surface area (Å²) >= 11 is 0. The molecule has 5 nitrogen and oxygen atoms in total. The number of nitrogens with one attached hydrogen (secondary N) is 2. The van der Waals surface area contributed by atoms with E-state index in [4.69, 9.17) is 0 Å². The zero-order valence-corrected chi connectivity index (χ0v) is 9.76. The fourth-order valence-electron chi connectivity index (χ4n) is 2.23. The van der Waals surface area contributed by atoms with Gasteiger partial charge >= 0.3 is 0 Å². The van der Waals surface area contributed by atoms with Crippen molar-refractivity contribution < 1.29 is 0 Å². The fourth-order valence-corrected chi connectivity index (χ4v) is 2.23. The summed E-state index contributed by atoms with van der Waals surface area (Å²) < 4.78 is 1.80. The van der Waals surface area contributed by atoms with Gasteiger partial charge in [-0.2, -0.15) is 4.98 Å². The van der Waals surface area contributed by atoms with Crippen molar-refractivity contribution >= 4 is 11.6 Å². The van der Waals surface area contributed by atoms with Gasteiger partial charge in [-0.1, -0.05) is 6.07 Å². The molecule has 1 fully saturated rings. The zero-order valence-electron chi connectivity index (χ0n) is 9.76. The van der Waals surface area contributed by atoms with Gasteiger partial charge in [0.05, 0.1) is 0 Å². The molecule has 0 atom stereocenters. The molecule has 3 rings (SSSR count). The Labute approximate surface area is 100 Å². The number of hydrogen-bond acceptors (Lipinski definition) is 4. The SMILES string of the molecule is c1ccn2nc(NCC3CCNCC3)nc2c1. The third-order valence-corrected chi connectivity index (χ3v) is 3.25. The third kappa shape index (κ3) is 2.39. The van der Waals surface area contributed by atoms with Crippen LogP contribution in [0.3, 0.4) is 0 Å². The second-order valence-corrected chi connectivity index (χ2v) is 4.51. The van der Waals surface area contributed by atoms with Gasteiger partial charge in [0.2, 0.25) is 5.95 Å². The summed E-state index contributed by atoms with van der Waals surface area (Å²) in [6.45, 7) is 3.23. The summed E-state index contributed by atoms with van der Waals surface area (Å²) in [5, 5.41) is 11.1. The van der Waals surface area contributed by atoms with E-state index in [0.29, 0.717) is 0 Å². The Hall–Kier alpha value is -1.62. The summed E-state index contributed by atoms with van der Waals surface area (Å²) in [6.07, 6.45) is 4.39. The average Bonchev–Trinajstić information content (AvgIpc) is 2.80. The molecule has 90 valence electrons. The van der Waals surface area contributed by atoms with Gasteiger partial charge in [0.15, 0.2) is 5.65 Å². The van der Waals surface area contributed by atoms with Crippen LogP contribution in [0.5, 0.6) is 0 Å². The van der Waals surface area contributed by atoms with Crippen LogP contribution >= 0.6 is 0 Å². The Kier molecular flexibility index (Phi) is 2.92. The smallest absolute Gasteiger partial charge is 0.243 e. The molecular formula is C12H17N5.